The second-order valence-electron chi connectivity index (χ2n) is 3.25. The van der Waals surface area contributed by atoms with Crippen molar-refractivity contribution in [1.82, 2.24) is 10.6 Å². The number of hydrogen-bond acceptors (Lipinski definition) is 2. The van der Waals surface area contributed by atoms with E-state index >= 15 is 0 Å². The minimum Gasteiger partial charge on any atom is -0.376 e. The summed E-state index contributed by atoms with van der Waals surface area (Å²) in [6.07, 6.45) is 2.32. The van der Waals surface area contributed by atoms with Crippen LogP contribution in [0, 0.1) is 0 Å². The molecule has 4 heteroatoms. The Bertz CT molecular complexity index is 198. The molecule has 0 aromatic carbocycles. The van der Waals surface area contributed by atoms with Gasteiger partial charge >= 0.3 is 6.03 Å². The Morgan fingerprint density at radius 1 is 1.69 bits per heavy atom. The van der Waals surface area contributed by atoms with E-state index in [0.29, 0.717) is 12.2 Å². The molecule has 0 radical (unpaired) electrons. The first-order valence-corrected chi connectivity index (χ1v) is 4.50. The SMILES string of the molecule is C=C(C)NC(=O)NCC1CCCO1. The van der Waals surface area contributed by atoms with Gasteiger partial charge in [-0.3, -0.25) is 0 Å². The third-order valence-corrected chi connectivity index (χ3v) is 1.84. The lowest BCUT2D eigenvalue weighted by Crippen LogP contribution is -2.38. The van der Waals surface area contributed by atoms with Crippen LogP contribution in [0.2, 0.25) is 0 Å². The van der Waals surface area contributed by atoms with Gasteiger partial charge in [0.05, 0.1) is 6.10 Å². The van der Waals surface area contributed by atoms with Crippen LogP contribution in [0.3, 0.4) is 0 Å². The lowest BCUT2D eigenvalue weighted by Gasteiger charge is -2.11. The lowest BCUT2D eigenvalue weighted by atomic mass is 10.2. The lowest BCUT2D eigenvalue weighted by molar-refractivity contribution is 0.111. The fourth-order valence-electron chi connectivity index (χ4n) is 1.25. The maximum atomic E-state index is 11.1. The minimum absolute atomic E-state index is 0.191. The average molecular weight is 184 g/mol. The molecule has 0 aliphatic carbocycles. The van der Waals surface area contributed by atoms with Crippen LogP contribution in [0.4, 0.5) is 4.79 Å². The molecule has 1 rings (SSSR count). The summed E-state index contributed by atoms with van der Waals surface area (Å²) in [5.74, 6) is 0. The molecule has 1 fully saturated rings. The van der Waals surface area contributed by atoms with Gasteiger partial charge in [-0.1, -0.05) is 6.58 Å². The summed E-state index contributed by atoms with van der Waals surface area (Å²) in [4.78, 5) is 11.1. The van der Waals surface area contributed by atoms with Gasteiger partial charge in [0.25, 0.3) is 0 Å². The summed E-state index contributed by atoms with van der Waals surface area (Å²) >= 11 is 0. The Labute approximate surface area is 78.3 Å². The third kappa shape index (κ3) is 3.94. The van der Waals surface area contributed by atoms with Gasteiger partial charge in [0, 0.05) is 18.8 Å². The number of nitrogens with one attached hydrogen (secondary N) is 2. The number of hydrogen-bond donors (Lipinski definition) is 2. The standard InChI is InChI=1S/C9H16N2O2/c1-7(2)11-9(12)10-6-8-4-3-5-13-8/h8H,1,3-6H2,2H3,(H2,10,11,12). The smallest absolute Gasteiger partial charge is 0.319 e. The van der Waals surface area contributed by atoms with Crippen molar-refractivity contribution in [3.05, 3.63) is 12.3 Å². The minimum atomic E-state index is -0.206. The second kappa shape index (κ2) is 4.87. The number of urea groups is 1. The molecule has 1 atom stereocenters. The molecule has 1 aliphatic rings. The van der Waals surface area contributed by atoms with Crippen LogP contribution in [0.5, 0.6) is 0 Å². The monoisotopic (exact) mass is 184 g/mol. The van der Waals surface area contributed by atoms with Crippen molar-refractivity contribution < 1.29 is 9.53 Å². The van der Waals surface area contributed by atoms with Crippen LogP contribution in [-0.4, -0.2) is 25.3 Å². The fourth-order valence-corrected chi connectivity index (χ4v) is 1.25. The van der Waals surface area contributed by atoms with E-state index in [-0.39, 0.29) is 12.1 Å². The molecule has 13 heavy (non-hydrogen) atoms. The zero-order valence-electron chi connectivity index (χ0n) is 7.93. The topological polar surface area (TPSA) is 50.4 Å². The molecule has 1 unspecified atom stereocenters. The molecule has 0 aromatic heterocycles. The normalized spacial score (nSPS) is 21.2. The fraction of sp³-hybridized carbons (Fsp3) is 0.667. The van der Waals surface area contributed by atoms with Gasteiger partial charge in [0.15, 0.2) is 0 Å². The molecule has 1 saturated heterocycles. The Morgan fingerprint density at radius 3 is 3.00 bits per heavy atom. The van der Waals surface area contributed by atoms with Crippen LogP contribution in [0.15, 0.2) is 12.3 Å². The number of carbonyl (C=O) groups excluding carboxylic acids is 1. The summed E-state index contributed by atoms with van der Waals surface area (Å²) in [5, 5.41) is 5.29. The van der Waals surface area contributed by atoms with Gasteiger partial charge < -0.3 is 15.4 Å². The average Bonchev–Trinajstić information content (AvgIpc) is 2.51. The zero-order valence-corrected chi connectivity index (χ0v) is 7.93. The molecule has 0 aromatic rings. The first-order valence-electron chi connectivity index (χ1n) is 4.50. The van der Waals surface area contributed by atoms with Crippen molar-refractivity contribution in [3.8, 4) is 0 Å². The second-order valence-corrected chi connectivity index (χ2v) is 3.25. The maximum absolute atomic E-state index is 11.1. The van der Waals surface area contributed by atoms with Crippen molar-refractivity contribution in [2.24, 2.45) is 0 Å². The van der Waals surface area contributed by atoms with Crippen molar-refractivity contribution in [2.75, 3.05) is 13.2 Å². The molecule has 0 saturated carbocycles. The van der Waals surface area contributed by atoms with E-state index in [9.17, 15) is 4.79 Å². The number of allylic oxidation sites excluding steroid dienone is 1. The molecular formula is C9H16N2O2. The largest absolute Gasteiger partial charge is 0.376 e. The quantitative estimate of drug-likeness (QED) is 0.687. The van der Waals surface area contributed by atoms with Crippen molar-refractivity contribution >= 4 is 6.03 Å². The van der Waals surface area contributed by atoms with Gasteiger partial charge in [0.2, 0.25) is 0 Å². The molecule has 1 aliphatic heterocycles. The summed E-state index contributed by atoms with van der Waals surface area (Å²) < 4.78 is 5.34. The molecule has 0 spiro atoms. The Morgan fingerprint density at radius 2 is 2.46 bits per heavy atom. The van der Waals surface area contributed by atoms with Gasteiger partial charge in [-0.15, -0.1) is 0 Å². The van der Waals surface area contributed by atoms with Gasteiger partial charge in [-0.2, -0.15) is 0 Å². The highest BCUT2D eigenvalue weighted by Gasteiger charge is 2.15. The van der Waals surface area contributed by atoms with Crippen LogP contribution in [-0.2, 0) is 4.74 Å². The number of carbonyl (C=O) groups is 1. The number of rotatable bonds is 3. The van der Waals surface area contributed by atoms with Crippen molar-refractivity contribution in [3.63, 3.8) is 0 Å². The van der Waals surface area contributed by atoms with Gasteiger partial charge in [0.1, 0.15) is 0 Å². The van der Waals surface area contributed by atoms with Crippen LogP contribution in [0.1, 0.15) is 19.8 Å². The van der Waals surface area contributed by atoms with Crippen molar-refractivity contribution in [1.29, 1.82) is 0 Å². The Hall–Kier alpha value is -1.03. The van der Waals surface area contributed by atoms with E-state index in [4.69, 9.17) is 4.74 Å². The Kier molecular flexibility index (Phi) is 3.76. The van der Waals surface area contributed by atoms with Crippen LogP contribution < -0.4 is 10.6 Å². The molecule has 4 nitrogen and oxygen atoms in total. The molecule has 2 amide bonds. The van der Waals surface area contributed by atoms with E-state index in [1.165, 1.54) is 0 Å². The third-order valence-electron chi connectivity index (χ3n) is 1.84. The molecule has 1 heterocycles. The Balaban J connectivity index is 2.10. The molecule has 74 valence electrons. The highest BCUT2D eigenvalue weighted by atomic mass is 16.5. The zero-order chi connectivity index (χ0) is 9.68. The highest BCUT2D eigenvalue weighted by Crippen LogP contribution is 2.10. The van der Waals surface area contributed by atoms with E-state index in [1.807, 2.05) is 0 Å². The van der Waals surface area contributed by atoms with Gasteiger partial charge in [-0.25, -0.2) is 4.79 Å². The summed E-state index contributed by atoms with van der Waals surface area (Å²) in [6.45, 7) is 6.71. The van der Waals surface area contributed by atoms with E-state index < -0.39 is 0 Å². The van der Waals surface area contributed by atoms with Crippen LogP contribution in [0.25, 0.3) is 0 Å². The van der Waals surface area contributed by atoms with Crippen molar-refractivity contribution in [2.45, 2.75) is 25.9 Å². The number of ether oxygens (including phenoxy) is 1. The molecular weight excluding hydrogens is 168 g/mol. The summed E-state index contributed by atoms with van der Waals surface area (Å²) in [6, 6.07) is -0.206. The first kappa shape index (κ1) is 10.1. The highest BCUT2D eigenvalue weighted by molar-refractivity contribution is 5.75. The molecule has 2 N–H and O–H groups in total. The van der Waals surface area contributed by atoms with E-state index in [0.717, 1.165) is 19.4 Å². The van der Waals surface area contributed by atoms with Crippen LogP contribution >= 0.6 is 0 Å². The van der Waals surface area contributed by atoms with Gasteiger partial charge in [-0.05, 0) is 19.8 Å². The predicted octanol–water partition coefficient (Wildman–Crippen LogP) is 0.998. The maximum Gasteiger partial charge on any atom is 0.319 e. The first-order chi connectivity index (χ1) is 6.18. The summed E-state index contributed by atoms with van der Waals surface area (Å²) in [5.41, 5.74) is 0.643. The summed E-state index contributed by atoms with van der Waals surface area (Å²) in [7, 11) is 0. The number of amides is 2. The molecule has 0 bridgehead atoms. The van der Waals surface area contributed by atoms with E-state index in [1.54, 1.807) is 6.92 Å². The predicted molar refractivity (Wildman–Crippen MR) is 50.3 cm³/mol. The van der Waals surface area contributed by atoms with E-state index in [2.05, 4.69) is 17.2 Å².